The van der Waals surface area contributed by atoms with Gasteiger partial charge >= 0.3 is 6.18 Å². The number of ether oxygens (including phenoxy) is 1. The number of rotatable bonds is 6. The molecule has 1 fully saturated rings. The van der Waals surface area contributed by atoms with Crippen molar-refractivity contribution in [1.29, 1.82) is 0 Å². The summed E-state index contributed by atoms with van der Waals surface area (Å²) in [6, 6.07) is 12.0. The summed E-state index contributed by atoms with van der Waals surface area (Å²) in [4.78, 5) is 13.6. The molecule has 2 aromatic rings. The van der Waals surface area contributed by atoms with E-state index in [1.165, 1.54) is 12.1 Å². The summed E-state index contributed by atoms with van der Waals surface area (Å²) >= 11 is 3.42. The molecule has 0 radical (unpaired) electrons. The van der Waals surface area contributed by atoms with Crippen molar-refractivity contribution < 1.29 is 22.7 Å². The minimum atomic E-state index is -4.43. The van der Waals surface area contributed by atoms with Crippen LogP contribution in [0.25, 0.3) is 0 Å². The van der Waals surface area contributed by atoms with Gasteiger partial charge in [0.15, 0.2) is 0 Å². The van der Waals surface area contributed by atoms with Gasteiger partial charge in [0.05, 0.1) is 18.8 Å². The number of halogens is 4. The highest BCUT2D eigenvalue weighted by molar-refractivity contribution is 9.10. The number of carbonyl (C=O) groups excluding carboxylic acids is 1. The number of nitrogens with zero attached hydrogens (tertiary/aromatic N) is 2. The number of likely N-dealkylation sites (N-methyl/N-ethyl adjacent to an activating group) is 1. The molecule has 0 bridgehead atoms. The number of amides is 1. The van der Waals surface area contributed by atoms with E-state index >= 15 is 0 Å². The largest absolute Gasteiger partial charge is 0.416 e. The Hall–Kier alpha value is -1.94. The van der Waals surface area contributed by atoms with Gasteiger partial charge in [0, 0.05) is 29.8 Å². The van der Waals surface area contributed by atoms with E-state index in [4.69, 9.17) is 4.74 Å². The van der Waals surface area contributed by atoms with E-state index in [9.17, 15) is 18.0 Å². The standard InChI is InChI=1S/C22H25BrF3N3O2/c1-3-29(28-12-14-31-15-13-28)21(2,16-4-8-18(23)9-5-16)20(30)27-19-10-6-17(7-11-19)22(24,25)26/h4-11H,3,12-15H2,1-2H3,(H,27,30). The summed E-state index contributed by atoms with van der Waals surface area (Å²) in [6.07, 6.45) is -4.43. The molecule has 0 aliphatic carbocycles. The quantitative estimate of drug-likeness (QED) is 0.614. The van der Waals surface area contributed by atoms with Crippen molar-refractivity contribution >= 4 is 27.5 Å². The van der Waals surface area contributed by atoms with Crippen LogP contribution in [-0.4, -0.2) is 48.8 Å². The first-order chi connectivity index (χ1) is 14.7. The molecular weight excluding hydrogens is 475 g/mol. The molecule has 1 amide bonds. The third kappa shape index (κ3) is 5.28. The van der Waals surface area contributed by atoms with Gasteiger partial charge in [0.1, 0.15) is 5.54 Å². The van der Waals surface area contributed by atoms with Crippen molar-refractivity contribution in [3.63, 3.8) is 0 Å². The second-order valence-electron chi connectivity index (χ2n) is 7.39. The molecule has 0 aromatic heterocycles. The van der Waals surface area contributed by atoms with Crippen LogP contribution in [0.4, 0.5) is 18.9 Å². The van der Waals surface area contributed by atoms with Crippen LogP contribution in [-0.2, 0) is 21.2 Å². The van der Waals surface area contributed by atoms with Crippen molar-refractivity contribution in [3.05, 3.63) is 64.1 Å². The summed E-state index contributed by atoms with van der Waals surface area (Å²) < 4.78 is 44.9. The van der Waals surface area contributed by atoms with Gasteiger partial charge in [0.2, 0.25) is 0 Å². The number of hydrogen-bond donors (Lipinski definition) is 1. The Morgan fingerprint density at radius 3 is 2.13 bits per heavy atom. The molecule has 0 spiro atoms. The Kier molecular flexibility index (Phi) is 7.41. The first-order valence-corrected chi connectivity index (χ1v) is 10.8. The number of benzene rings is 2. The van der Waals surface area contributed by atoms with E-state index in [1.807, 2.05) is 43.1 Å². The summed E-state index contributed by atoms with van der Waals surface area (Å²) in [7, 11) is 0. The molecule has 5 nitrogen and oxygen atoms in total. The monoisotopic (exact) mass is 499 g/mol. The van der Waals surface area contributed by atoms with Gasteiger partial charge in [0.25, 0.3) is 5.91 Å². The first kappa shape index (κ1) is 23.7. The summed E-state index contributed by atoms with van der Waals surface area (Å²) in [5.74, 6) is -0.331. The third-order valence-electron chi connectivity index (χ3n) is 5.46. The molecule has 1 saturated heterocycles. The molecule has 2 aromatic carbocycles. The zero-order valence-corrected chi connectivity index (χ0v) is 19.0. The van der Waals surface area contributed by atoms with E-state index in [0.717, 1.165) is 22.2 Å². The lowest BCUT2D eigenvalue weighted by molar-refractivity contribution is -0.161. The molecule has 1 unspecified atom stereocenters. The second-order valence-corrected chi connectivity index (χ2v) is 8.31. The summed E-state index contributed by atoms with van der Waals surface area (Å²) in [5.41, 5.74) is -0.771. The molecule has 1 aliphatic heterocycles. The topological polar surface area (TPSA) is 44.8 Å². The predicted molar refractivity (Wildman–Crippen MR) is 116 cm³/mol. The average Bonchev–Trinajstić information content (AvgIpc) is 2.75. The second kappa shape index (κ2) is 9.68. The molecule has 1 aliphatic rings. The maximum Gasteiger partial charge on any atom is 0.416 e. The molecule has 1 heterocycles. The minimum absolute atomic E-state index is 0.305. The van der Waals surface area contributed by atoms with Crippen LogP contribution in [0.3, 0.4) is 0 Å². The highest BCUT2D eigenvalue weighted by atomic mass is 79.9. The lowest BCUT2D eigenvalue weighted by atomic mass is 9.89. The van der Waals surface area contributed by atoms with Crippen LogP contribution in [0, 0.1) is 0 Å². The van der Waals surface area contributed by atoms with E-state index < -0.39 is 17.3 Å². The lowest BCUT2D eigenvalue weighted by Gasteiger charge is -2.47. The van der Waals surface area contributed by atoms with Gasteiger partial charge in [-0.15, -0.1) is 0 Å². The first-order valence-electron chi connectivity index (χ1n) is 10.0. The number of alkyl halides is 3. The number of carbonyl (C=O) groups is 1. The Labute approximate surface area is 188 Å². The predicted octanol–water partition coefficient (Wildman–Crippen LogP) is 4.89. The molecular formula is C22H25BrF3N3O2. The number of nitrogens with one attached hydrogen (secondary N) is 1. The molecule has 31 heavy (non-hydrogen) atoms. The highest BCUT2D eigenvalue weighted by Gasteiger charge is 2.44. The molecule has 3 rings (SSSR count). The van der Waals surface area contributed by atoms with Crippen LogP contribution in [0.15, 0.2) is 53.0 Å². The van der Waals surface area contributed by atoms with Crippen LogP contribution in [0.1, 0.15) is 25.0 Å². The fraction of sp³-hybridized carbons (Fsp3) is 0.409. The van der Waals surface area contributed by atoms with Gasteiger partial charge in [-0.2, -0.15) is 13.2 Å². The zero-order valence-electron chi connectivity index (χ0n) is 17.4. The fourth-order valence-corrected chi connectivity index (χ4v) is 4.03. The van der Waals surface area contributed by atoms with Crippen LogP contribution in [0.2, 0.25) is 0 Å². The molecule has 0 saturated carbocycles. The number of hydrogen-bond acceptors (Lipinski definition) is 4. The van der Waals surface area contributed by atoms with Crippen molar-refractivity contribution in [3.8, 4) is 0 Å². The van der Waals surface area contributed by atoms with E-state index in [1.54, 1.807) is 0 Å². The molecule has 9 heteroatoms. The molecule has 1 N–H and O–H groups in total. The maximum absolute atomic E-state index is 13.6. The van der Waals surface area contributed by atoms with Crippen molar-refractivity contribution in [2.75, 3.05) is 38.2 Å². The third-order valence-corrected chi connectivity index (χ3v) is 5.99. The number of morpholine rings is 1. The van der Waals surface area contributed by atoms with Gasteiger partial charge in [-0.25, -0.2) is 10.0 Å². The average molecular weight is 500 g/mol. The molecule has 1 atom stereocenters. The van der Waals surface area contributed by atoms with E-state index in [-0.39, 0.29) is 5.91 Å². The normalized spacial score (nSPS) is 17.4. The molecule has 168 valence electrons. The zero-order chi connectivity index (χ0) is 22.6. The van der Waals surface area contributed by atoms with Gasteiger partial charge < -0.3 is 10.1 Å². The lowest BCUT2D eigenvalue weighted by Crippen LogP contribution is -2.61. The SMILES string of the molecule is CCN(N1CCOCC1)C(C)(C(=O)Nc1ccc(C(F)(F)F)cc1)c1ccc(Br)cc1. The number of anilines is 1. The van der Waals surface area contributed by atoms with Crippen molar-refractivity contribution in [2.24, 2.45) is 0 Å². The van der Waals surface area contributed by atoms with Crippen molar-refractivity contribution in [1.82, 2.24) is 10.0 Å². The minimum Gasteiger partial charge on any atom is -0.379 e. The Bertz CT molecular complexity index is 884. The van der Waals surface area contributed by atoms with Crippen LogP contribution < -0.4 is 5.32 Å². The number of hydrazine groups is 1. The smallest absolute Gasteiger partial charge is 0.379 e. The van der Waals surface area contributed by atoms with Gasteiger partial charge in [-0.3, -0.25) is 4.79 Å². The Morgan fingerprint density at radius 2 is 1.61 bits per heavy atom. The van der Waals surface area contributed by atoms with Crippen molar-refractivity contribution in [2.45, 2.75) is 25.6 Å². The van der Waals surface area contributed by atoms with Gasteiger partial charge in [-0.1, -0.05) is 35.0 Å². The van der Waals surface area contributed by atoms with Crippen LogP contribution >= 0.6 is 15.9 Å². The van der Waals surface area contributed by atoms with Gasteiger partial charge in [-0.05, 0) is 48.9 Å². The van der Waals surface area contributed by atoms with E-state index in [0.29, 0.717) is 38.5 Å². The Balaban J connectivity index is 1.95. The fourth-order valence-electron chi connectivity index (χ4n) is 3.76. The Morgan fingerprint density at radius 1 is 1.06 bits per heavy atom. The summed E-state index contributed by atoms with van der Waals surface area (Å²) in [6.45, 7) is 6.78. The highest BCUT2D eigenvalue weighted by Crippen LogP contribution is 2.34. The van der Waals surface area contributed by atoms with Crippen LogP contribution in [0.5, 0.6) is 0 Å². The summed E-state index contributed by atoms with van der Waals surface area (Å²) in [5, 5.41) is 6.90. The maximum atomic E-state index is 13.6. The van der Waals surface area contributed by atoms with E-state index in [2.05, 4.69) is 26.3 Å².